The van der Waals surface area contributed by atoms with Gasteiger partial charge in [-0.15, -0.1) is 0 Å². The van der Waals surface area contributed by atoms with Crippen molar-refractivity contribution in [2.24, 2.45) is 0 Å². The van der Waals surface area contributed by atoms with E-state index < -0.39 is 0 Å². The lowest BCUT2D eigenvalue weighted by Crippen LogP contribution is -3.11. The second-order valence-electron chi connectivity index (χ2n) is 5.38. The second-order valence-corrected chi connectivity index (χ2v) is 5.82. The fraction of sp³-hybridized carbons (Fsp3) is 0.533. The van der Waals surface area contributed by atoms with Crippen LogP contribution in [-0.2, 0) is 9.53 Å². The number of nitrogens with one attached hydrogen (secondary N) is 2. The van der Waals surface area contributed by atoms with Crippen LogP contribution in [0, 0.1) is 0 Å². The number of anilines is 1. The van der Waals surface area contributed by atoms with Crippen molar-refractivity contribution in [3.05, 3.63) is 29.3 Å². The number of hydrogen-bond acceptors (Lipinski definition) is 2. The highest BCUT2D eigenvalue weighted by Crippen LogP contribution is 2.13. The Kier molecular flexibility index (Phi) is 5.83. The van der Waals surface area contributed by atoms with Gasteiger partial charge in [-0.2, -0.15) is 0 Å². The standard InChI is InChI=1S/C15H21ClN2O2/c1-18(10-14-4-2-3-9-20-14)11-15(19)17-13-7-5-12(16)6-8-13/h5-8,14H,2-4,9-11H2,1H3,(H,17,19)/p+1/t14-/m1/s1. The van der Waals surface area contributed by atoms with Crippen LogP contribution in [0.2, 0.25) is 5.02 Å². The van der Waals surface area contributed by atoms with Gasteiger partial charge in [-0.3, -0.25) is 4.79 Å². The van der Waals surface area contributed by atoms with Gasteiger partial charge in [0.15, 0.2) is 6.54 Å². The normalized spacial score (nSPS) is 20.4. The van der Waals surface area contributed by atoms with E-state index >= 15 is 0 Å². The first-order valence-electron chi connectivity index (χ1n) is 7.12. The van der Waals surface area contributed by atoms with Crippen LogP contribution in [0.4, 0.5) is 5.69 Å². The maximum atomic E-state index is 11.9. The smallest absolute Gasteiger partial charge is 0.279 e. The average molecular weight is 298 g/mol. The zero-order valence-electron chi connectivity index (χ0n) is 11.8. The molecule has 1 amide bonds. The van der Waals surface area contributed by atoms with Crippen LogP contribution >= 0.6 is 11.6 Å². The zero-order chi connectivity index (χ0) is 14.4. The van der Waals surface area contributed by atoms with Crippen molar-refractivity contribution in [3.63, 3.8) is 0 Å². The molecule has 0 saturated carbocycles. The SMILES string of the molecule is C[NH+](CC(=O)Nc1ccc(Cl)cc1)C[C@H]1CCCCO1. The molecular weight excluding hydrogens is 276 g/mol. The first-order chi connectivity index (χ1) is 9.63. The maximum Gasteiger partial charge on any atom is 0.279 e. The molecule has 2 N–H and O–H groups in total. The number of benzene rings is 1. The Morgan fingerprint density at radius 2 is 2.15 bits per heavy atom. The Hall–Kier alpha value is -1.10. The van der Waals surface area contributed by atoms with E-state index in [0.717, 1.165) is 31.7 Å². The Labute approximate surface area is 125 Å². The van der Waals surface area contributed by atoms with Crippen LogP contribution < -0.4 is 10.2 Å². The summed E-state index contributed by atoms with van der Waals surface area (Å²) in [7, 11) is 2.03. The highest BCUT2D eigenvalue weighted by atomic mass is 35.5. The van der Waals surface area contributed by atoms with Gasteiger partial charge in [0.1, 0.15) is 12.6 Å². The molecule has 2 atom stereocenters. The van der Waals surface area contributed by atoms with Gasteiger partial charge >= 0.3 is 0 Å². The van der Waals surface area contributed by atoms with E-state index in [0.29, 0.717) is 17.7 Å². The monoisotopic (exact) mass is 297 g/mol. The van der Waals surface area contributed by atoms with Crippen molar-refractivity contribution in [2.45, 2.75) is 25.4 Å². The summed E-state index contributed by atoms with van der Waals surface area (Å²) in [5, 5.41) is 3.54. The fourth-order valence-corrected chi connectivity index (χ4v) is 2.57. The molecule has 1 aliphatic heterocycles. The van der Waals surface area contributed by atoms with Crippen LogP contribution in [-0.4, -0.2) is 38.8 Å². The lowest BCUT2D eigenvalue weighted by Gasteiger charge is -2.24. The highest BCUT2D eigenvalue weighted by Gasteiger charge is 2.19. The fourth-order valence-electron chi connectivity index (χ4n) is 2.44. The summed E-state index contributed by atoms with van der Waals surface area (Å²) in [6.07, 6.45) is 3.80. The van der Waals surface area contributed by atoms with Crippen LogP contribution in [0.25, 0.3) is 0 Å². The number of amides is 1. The lowest BCUT2D eigenvalue weighted by atomic mass is 10.1. The molecule has 1 aromatic rings. The van der Waals surface area contributed by atoms with E-state index in [1.807, 2.05) is 7.05 Å². The Balaban J connectivity index is 1.74. The van der Waals surface area contributed by atoms with Gasteiger partial charge in [0, 0.05) is 17.3 Å². The summed E-state index contributed by atoms with van der Waals surface area (Å²) < 4.78 is 5.69. The predicted molar refractivity (Wildman–Crippen MR) is 80.3 cm³/mol. The topological polar surface area (TPSA) is 42.8 Å². The molecule has 0 aromatic heterocycles. The number of halogens is 1. The van der Waals surface area contributed by atoms with Crippen LogP contribution in [0.3, 0.4) is 0 Å². The van der Waals surface area contributed by atoms with E-state index in [-0.39, 0.29) is 5.91 Å². The van der Waals surface area contributed by atoms with Gasteiger partial charge in [-0.1, -0.05) is 11.6 Å². The van der Waals surface area contributed by atoms with Crippen LogP contribution in [0.15, 0.2) is 24.3 Å². The molecule has 0 spiro atoms. The Morgan fingerprint density at radius 3 is 2.80 bits per heavy atom. The predicted octanol–water partition coefficient (Wildman–Crippen LogP) is 1.36. The molecule has 0 radical (unpaired) electrons. The molecule has 1 aromatic carbocycles. The largest absolute Gasteiger partial charge is 0.372 e. The third-order valence-corrected chi connectivity index (χ3v) is 3.69. The van der Waals surface area contributed by atoms with Crippen molar-refractivity contribution >= 4 is 23.2 Å². The molecule has 20 heavy (non-hydrogen) atoms. The Morgan fingerprint density at radius 1 is 1.40 bits per heavy atom. The molecule has 1 aliphatic rings. The number of hydrogen-bond donors (Lipinski definition) is 2. The molecule has 4 nitrogen and oxygen atoms in total. The van der Waals surface area contributed by atoms with E-state index in [1.165, 1.54) is 11.3 Å². The molecule has 1 heterocycles. The van der Waals surface area contributed by atoms with Gasteiger partial charge in [0.05, 0.1) is 7.05 Å². The summed E-state index contributed by atoms with van der Waals surface area (Å²) >= 11 is 5.81. The summed E-state index contributed by atoms with van der Waals surface area (Å²) in [5.41, 5.74) is 0.779. The minimum absolute atomic E-state index is 0.0145. The van der Waals surface area contributed by atoms with Crippen molar-refractivity contribution in [2.75, 3.05) is 32.1 Å². The number of ether oxygens (including phenoxy) is 1. The summed E-state index contributed by atoms with van der Waals surface area (Å²) in [5.74, 6) is 0.0145. The quantitative estimate of drug-likeness (QED) is 0.862. The second kappa shape index (κ2) is 7.62. The van der Waals surface area contributed by atoms with Crippen molar-refractivity contribution < 1.29 is 14.4 Å². The average Bonchev–Trinajstić information content (AvgIpc) is 2.42. The van der Waals surface area contributed by atoms with E-state index in [2.05, 4.69) is 5.32 Å². The summed E-state index contributed by atoms with van der Waals surface area (Å²) in [6, 6.07) is 7.15. The first kappa shape index (κ1) is 15.3. The number of carbonyl (C=O) groups excluding carboxylic acids is 1. The highest BCUT2D eigenvalue weighted by molar-refractivity contribution is 6.30. The molecule has 110 valence electrons. The van der Waals surface area contributed by atoms with Crippen molar-refractivity contribution in [3.8, 4) is 0 Å². The molecule has 5 heteroatoms. The number of rotatable bonds is 5. The molecule has 2 rings (SSSR count). The zero-order valence-corrected chi connectivity index (χ0v) is 12.6. The third-order valence-electron chi connectivity index (χ3n) is 3.44. The van der Waals surface area contributed by atoms with E-state index in [1.54, 1.807) is 24.3 Å². The lowest BCUT2D eigenvalue weighted by molar-refractivity contribution is -0.874. The number of likely N-dealkylation sites (N-methyl/N-ethyl adjacent to an activating group) is 1. The van der Waals surface area contributed by atoms with Gasteiger partial charge < -0.3 is 15.0 Å². The van der Waals surface area contributed by atoms with Crippen molar-refractivity contribution in [1.29, 1.82) is 0 Å². The summed E-state index contributed by atoms with van der Waals surface area (Å²) in [6.45, 7) is 2.19. The van der Waals surface area contributed by atoms with Gasteiger partial charge in [0.2, 0.25) is 0 Å². The van der Waals surface area contributed by atoms with E-state index in [9.17, 15) is 4.79 Å². The molecule has 0 aliphatic carbocycles. The van der Waals surface area contributed by atoms with Gasteiger partial charge in [0.25, 0.3) is 5.91 Å². The van der Waals surface area contributed by atoms with Gasteiger partial charge in [-0.25, -0.2) is 0 Å². The van der Waals surface area contributed by atoms with Gasteiger partial charge in [-0.05, 0) is 43.5 Å². The van der Waals surface area contributed by atoms with Crippen molar-refractivity contribution in [1.82, 2.24) is 0 Å². The number of quaternary nitrogens is 1. The molecule has 0 bridgehead atoms. The third kappa shape index (κ3) is 5.12. The van der Waals surface area contributed by atoms with Crippen LogP contribution in [0.5, 0.6) is 0 Å². The minimum Gasteiger partial charge on any atom is -0.372 e. The Bertz CT molecular complexity index is 430. The molecule has 1 saturated heterocycles. The van der Waals surface area contributed by atoms with Crippen LogP contribution in [0.1, 0.15) is 19.3 Å². The summed E-state index contributed by atoms with van der Waals surface area (Å²) in [4.78, 5) is 13.1. The minimum atomic E-state index is 0.0145. The first-order valence-corrected chi connectivity index (χ1v) is 7.49. The maximum absolute atomic E-state index is 11.9. The van der Waals surface area contributed by atoms with E-state index in [4.69, 9.17) is 16.3 Å². The molecular formula is C15H22ClN2O2+. The number of carbonyl (C=O) groups is 1. The molecule has 1 unspecified atom stereocenters. The molecule has 1 fully saturated rings.